The average molecular weight is 308 g/mol. The predicted molar refractivity (Wildman–Crippen MR) is 81.4 cm³/mol. The monoisotopic (exact) mass is 307 g/mol. The zero-order valence-corrected chi connectivity index (χ0v) is 12.4. The lowest BCUT2D eigenvalue weighted by Crippen LogP contribution is -2.42. The Labute approximate surface area is 128 Å². The van der Waals surface area contributed by atoms with Gasteiger partial charge in [0.2, 0.25) is 0 Å². The molecule has 21 heavy (non-hydrogen) atoms. The number of fused-ring (bicyclic) bond motifs is 1. The minimum atomic E-state index is -0.743. The van der Waals surface area contributed by atoms with Gasteiger partial charge in [0.25, 0.3) is 5.91 Å². The number of carbonyl (C=O) groups excluding carboxylic acids is 1. The van der Waals surface area contributed by atoms with Gasteiger partial charge in [-0.2, -0.15) is 0 Å². The topological polar surface area (TPSA) is 58.6 Å². The molecule has 1 saturated carbocycles. The number of benzene rings is 1. The van der Waals surface area contributed by atoms with Crippen molar-refractivity contribution in [3.63, 3.8) is 0 Å². The van der Waals surface area contributed by atoms with Crippen LogP contribution in [0.5, 0.6) is 5.75 Å². The van der Waals surface area contributed by atoms with E-state index >= 15 is 0 Å². The maximum atomic E-state index is 12.2. The van der Waals surface area contributed by atoms with E-state index in [1.165, 1.54) is 0 Å². The van der Waals surface area contributed by atoms with Gasteiger partial charge in [-0.1, -0.05) is 24.4 Å². The van der Waals surface area contributed by atoms with Gasteiger partial charge in [0.05, 0.1) is 11.2 Å². The zero-order chi connectivity index (χ0) is 14.9. The maximum Gasteiger partial charge on any atom is 0.250 e. The van der Waals surface area contributed by atoms with Crippen LogP contribution in [0.2, 0.25) is 5.02 Å². The lowest BCUT2D eigenvalue weighted by atomic mass is 10.0. The number of aliphatic hydroxyl groups is 1. The van der Waals surface area contributed by atoms with E-state index in [4.69, 9.17) is 16.3 Å². The molecule has 1 aliphatic heterocycles. The van der Waals surface area contributed by atoms with Crippen LogP contribution >= 0.6 is 11.6 Å². The lowest BCUT2D eigenvalue weighted by Gasteiger charge is -2.23. The molecule has 2 N–H and O–H groups in total. The van der Waals surface area contributed by atoms with Crippen LogP contribution < -0.4 is 10.1 Å². The van der Waals surface area contributed by atoms with Gasteiger partial charge in [0, 0.05) is 17.1 Å². The molecule has 0 bridgehead atoms. The second kappa shape index (κ2) is 5.70. The van der Waals surface area contributed by atoms with Gasteiger partial charge in [0.15, 0.2) is 0 Å². The highest BCUT2D eigenvalue weighted by Crippen LogP contribution is 2.30. The summed E-state index contributed by atoms with van der Waals surface area (Å²) < 4.78 is 5.56. The number of ether oxygens (including phenoxy) is 1. The molecular weight excluding hydrogens is 290 g/mol. The van der Waals surface area contributed by atoms with E-state index in [1.807, 2.05) is 0 Å². The van der Waals surface area contributed by atoms with Gasteiger partial charge in [-0.25, -0.2) is 0 Å². The quantitative estimate of drug-likeness (QED) is 0.902. The van der Waals surface area contributed by atoms with Crippen molar-refractivity contribution >= 4 is 23.6 Å². The van der Waals surface area contributed by atoms with Gasteiger partial charge in [-0.3, -0.25) is 4.79 Å². The summed E-state index contributed by atoms with van der Waals surface area (Å²) in [4.78, 5) is 12.2. The number of carbonyl (C=O) groups is 1. The second-order valence-electron chi connectivity index (χ2n) is 5.75. The third-order valence-electron chi connectivity index (χ3n) is 4.09. The molecule has 0 spiro atoms. The van der Waals surface area contributed by atoms with Gasteiger partial charge in [0.1, 0.15) is 12.4 Å². The summed E-state index contributed by atoms with van der Waals surface area (Å²) in [5.41, 5.74) is 0.609. The molecule has 112 valence electrons. The third kappa shape index (κ3) is 3.22. The Hall–Kier alpha value is -1.52. The van der Waals surface area contributed by atoms with E-state index in [2.05, 4.69) is 5.32 Å². The van der Waals surface area contributed by atoms with Crippen molar-refractivity contribution in [2.75, 3.05) is 13.2 Å². The molecule has 0 saturated heterocycles. The van der Waals surface area contributed by atoms with E-state index in [0.717, 1.165) is 37.0 Å². The third-order valence-corrected chi connectivity index (χ3v) is 4.32. The smallest absolute Gasteiger partial charge is 0.250 e. The molecule has 1 aromatic rings. The molecule has 1 aromatic carbocycles. The van der Waals surface area contributed by atoms with E-state index in [-0.39, 0.29) is 12.5 Å². The molecule has 1 heterocycles. The van der Waals surface area contributed by atoms with Crippen molar-refractivity contribution in [1.82, 2.24) is 5.32 Å². The summed E-state index contributed by atoms with van der Waals surface area (Å²) in [6.07, 6.45) is 5.33. The fourth-order valence-electron chi connectivity index (χ4n) is 2.85. The second-order valence-corrected chi connectivity index (χ2v) is 6.19. The van der Waals surface area contributed by atoms with Crippen LogP contribution in [0.15, 0.2) is 23.8 Å². The Kier molecular flexibility index (Phi) is 3.91. The molecule has 1 amide bonds. The molecule has 1 fully saturated rings. The summed E-state index contributed by atoms with van der Waals surface area (Å²) in [5, 5.41) is 13.7. The Bertz CT molecular complexity index is 591. The number of hydrogen-bond donors (Lipinski definition) is 2. The molecule has 0 unspecified atom stereocenters. The summed E-state index contributed by atoms with van der Waals surface area (Å²) >= 11 is 5.95. The first-order chi connectivity index (χ1) is 10.1. The van der Waals surface area contributed by atoms with Crippen LogP contribution in [-0.2, 0) is 4.79 Å². The Morgan fingerprint density at radius 3 is 2.90 bits per heavy atom. The number of rotatable bonds is 3. The summed E-state index contributed by atoms with van der Waals surface area (Å²) in [6.45, 7) is 0.532. The van der Waals surface area contributed by atoms with Crippen LogP contribution in [-0.4, -0.2) is 29.8 Å². The first kappa shape index (κ1) is 14.4. The fraction of sp³-hybridized carbons (Fsp3) is 0.438. The number of hydrogen-bond acceptors (Lipinski definition) is 3. The average Bonchev–Trinajstić information content (AvgIpc) is 2.91. The SMILES string of the molecule is O=C(NCC1(O)CCCC1)C1=Cc2cc(Cl)ccc2OC1. The first-order valence-corrected chi connectivity index (χ1v) is 7.57. The molecule has 3 rings (SSSR count). The zero-order valence-electron chi connectivity index (χ0n) is 11.7. The number of nitrogens with one attached hydrogen (secondary N) is 1. The summed E-state index contributed by atoms with van der Waals surface area (Å²) in [6, 6.07) is 5.33. The van der Waals surface area contributed by atoms with Gasteiger partial charge >= 0.3 is 0 Å². The van der Waals surface area contributed by atoms with Gasteiger partial charge in [-0.15, -0.1) is 0 Å². The van der Waals surface area contributed by atoms with Gasteiger partial charge in [-0.05, 0) is 37.1 Å². The minimum absolute atomic E-state index is 0.194. The Morgan fingerprint density at radius 1 is 1.38 bits per heavy atom. The van der Waals surface area contributed by atoms with Gasteiger partial charge < -0.3 is 15.2 Å². The molecule has 0 radical (unpaired) electrons. The lowest BCUT2D eigenvalue weighted by molar-refractivity contribution is -0.119. The largest absolute Gasteiger partial charge is 0.488 e. The Balaban J connectivity index is 1.68. The first-order valence-electron chi connectivity index (χ1n) is 7.19. The van der Waals surface area contributed by atoms with Crippen molar-refractivity contribution in [2.45, 2.75) is 31.3 Å². The van der Waals surface area contributed by atoms with E-state index in [9.17, 15) is 9.90 Å². The maximum absolute atomic E-state index is 12.2. The van der Waals surface area contributed by atoms with Crippen molar-refractivity contribution < 1.29 is 14.6 Å². The van der Waals surface area contributed by atoms with E-state index in [1.54, 1.807) is 24.3 Å². The van der Waals surface area contributed by atoms with Crippen molar-refractivity contribution in [3.8, 4) is 5.75 Å². The van der Waals surface area contributed by atoms with Crippen LogP contribution in [0, 0.1) is 0 Å². The summed E-state index contributed by atoms with van der Waals surface area (Å²) in [5.74, 6) is 0.534. The minimum Gasteiger partial charge on any atom is -0.488 e. The molecule has 1 aliphatic carbocycles. The molecule has 0 atom stereocenters. The van der Waals surface area contributed by atoms with Crippen molar-refractivity contribution in [2.24, 2.45) is 0 Å². The highest BCUT2D eigenvalue weighted by molar-refractivity contribution is 6.30. The number of amides is 1. The fourth-order valence-corrected chi connectivity index (χ4v) is 3.03. The molecule has 5 heteroatoms. The number of halogens is 1. The highest BCUT2D eigenvalue weighted by Gasteiger charge is 2.31. The van der Waals surface area contributed by atoms with E-state index < -0.39 is 5.60 Å². The van der Waals surface area contributed by atoms with Crippen LogP contribution in [0.4, 0.5) is 0 Å². The molecular formula is C16H18ClNO3. The highest BCUT2D eigenvalue weighted by atomic mass is 35.5. The van der Waals surface area contributed by atoms with Crippen molar-refractivity contribution in [3.05, 3.63) is 34.4 Å². The normalized spacial score (nSPS) is 19.4. The molecule has 2 aliphatic rings. The van der Waals surface area contributed by atoms with E-state index in [0.29, 0.717) is 17.1 Å². The van der Waals surface area contributed by atoms with Crippen LogP contribution in [0.1, 0.15) is 31.2 Å². The van der Waals surface area contributed by atoms with Crippen molar-refractivity contribution in [1.29, 1.82) is 0 Å². The predicted octanol–water partition coefficient (Wildman–Crippen LogP) is 2.54. The van der Waals surface area contributed by atoms with Crippen LogP contribution in [0.3, 0.4) is 0 Å². The Morgan fingerprint density at radius 2 is 2.14 bits per heavy atom. The molecule has 4 nitrogen and oxygen atoms in total. The standard InChI is InChI=1S/C16H18ClNO3/c17-13-3-4-14-11(8-13)7-12(9-21-14)15(19)18-10-16(20)5-1-2-6-16/h3-4,7-8,20H,1-2,5-6,9-10H2,(H,18,19). The summed E-state index contributed by atoms with van der Waals surface area (Å²) in [7, 11) is 0. The van der Waals surface area contributed by atoms with Crippen LogP contribution in [0.25, 0.3) is 6.08 Å². The molecule has 0 aromatic heterocycles.